The number of carbonyl (C=O) groups is 1. The first-order valence-corrected chi connectivity index (χ1v) is 7.04. The smallest absolute Gasteiger partial charge is 0.261 e. The molecule has 2 rings (SSSR count). The summed E-state index contributed by atoms with van der Waals surface area (Å²) in [7, 11) is 0. The van der Waals surface area contributed by atoms with Gasteiger partial charge < -0.3 is 5.32 Å². The highest BCUT2D eigenvalue weighted by atomic mass is 35.5. The number of amides is 1. The molecule has 0 aliphatic heterocycles. The van der Waals surface area contributed by atoms with E-state index in [4.69, 9.17) is 11.6 Å². The highest BCUT2D eigenvalue weighted by molar-refractivity contribution is 7.14. The van der Waals surface area contributed by atoms with Gasteiger partial charge in [0.2, 0.25) is 0 Å². The number of carbonyl (C=O) groups excluding carboxylic acids is 1. The number of rotatable bonds is 3. The lowest BCUT2D eigenvalue weighted by Crippen LogP contribution is -2.33. The lowest BCUT2D eigenvalue weighted by Gasteiger charge is -2.08. The monoisotopic (exact) mass is 257 g/mol. The normalized spacial score (nSPS) is 16.6. The third-order valence-electron chi connectivity index (χ3n) is 2.83. The van der Waals surface area contributed by atoms with Gasteiger partial charge in [-0.25, -0.2) is 0 Å². The van der Waals surface area contributed by atoms with Crippen LogP contribution in [0.3, 0.4) is 0 Å². The van der Waals surface area contributed by atoms with Crippen molar-refractivity contribution in [2.75, 3.05) is 5.88 Å². The van der Waals surface area contributed by atoms with Gasteiger partial charge in [-0.15, -0.1) is 22.9 Å². The van der Waals surface area contributed by atoms with Crippen LogP contribution in [0, 0.1) is 0 Å². The second-order valence-corrected chi connectivity index (χ2v) is 5.74. The Morgan fingerprint density at radius 2 is 2.31 bits per heavy atom. The van der Waals surface area contributed by atoms with Gasteiger partial charge in [-0.2, -0.15) is 0 Å². The van der Waals surface area contributed by atoms with Crippen molar-refractivity contribution in [3.63, 3.8) is 0 Å². The Morgan fingerprint density at radius 1 is 1.56 bits per heavy atom. The van der Waals surface area contributed by atoms with E-state index >= 15 is 0 Å². The molecule has 0 radical (unpaired) electrons. The largest absolute Gasteiger partial charge is 0.348 e. The Labute approximate surface area is 105 Å². The van der Waals surface area contributed by atoms with Gasteiger partial charge in [0.1, 0.15) is 0 Å². The molecule has 1 unspecified atom stereocenters. The van der Waals surface area contributed by atoms with Crippen molar-refractivity contribution in [3.05, 3.63) is 21.4 Å². The molecule has 88 valence electrons. The molecule has 1 aromatic heterocycles. The van der Waals surface area contributed by atoms with Crippen LogP contribution in [0.5, 0.6) is 0 Å². The van der Waals surface area contributed by atoms with E-state index in [1.165, 1.54) is 23.3 Å². The molecular weight excluding hydrogens is 242 g/mol. The molecule has 0 spiro atoms. The maximum atomic E-state index is 11.9. The molecule has 2 nitrogen and oxygen atoms in total. The van der Waals surface area contributed by atoms with Gasteiger partial charge in [-0.05, 0) is 44.2 Å². The summed E-state index contributed by atoms with van der Waals surface area (Å²) >= 11 is 7.31. The van der Waals surface area contributed by atoms with E-state index in [0.29, 0.717) is 5.88 Å². The van der Waals surface area contributed by atoms with Crippen LogP contribution in [-0.4, -0.2) is 17.8 Å². The fourth-order valence-electron chi connectivity index (χ4n) is 1.94. The summed E-state index contributed by atoms with van der Waals surface area (Å²) in [5.74, 6) is 0.476. The van der Waals surface area contributed by atoms with Crippen molar-refractivity contribution in [1.82, 2.24) is 5.32 Å². The maximum absolute atomic E-state index is 11.9. The van der Waals surface area contributed by atoms with Gasteiger partial charge >= 0.3 is 0 Å². The number of thiophene rings is 1. The SMILES string of the molecule is CC(CCl)NC(=O)c1cc2c(s1)CCCC2. The fourth-order valence-corrected chi connectivity index (χ4v) is 3.17. The summed E-state index contributed by atoms with van der Waals surface area (Å²) in [6.07, 6.45) is 4.78. The molecule has 1 amide bonds. The van der Waals surface area contributed by atoms with Crippen LogP contribution in [0.15, 0.2) is 6.07 Å². The van der Waals surface area contributed by atoms with Gasteiger partial charge in [-0.1, -0.05) is 0 Å². The zero-order valence-electron chi connectivity index (χ0n) is 9.38. The average Bonchev–Trinajstić information content (AvgIpc) is 2.72. The second kappa shape index (κ2) is 5.19. The van der Waals surface area contributed by atoms with E-state index in [1.807, 2.05) is 6.92 Å². The lowest BCUT2D eigenvalue weighted by molar-refractivity contribution is 0.0947. The van der Waals surface area contributed by atoms with Gasteiger partial charge in [0.15, 0.2) is 0 Å². The fraction of sp³-hybridized carbons (Fsp3) is 0.583. The van der Waals surface area contributed by atoms with Crippen molar-refractivity contribution in [3.8, 4) is 0 Å². The highest BCUT2D eigenvalue weighted by Crippen LogP contribution is 2.29. The van der Waals surface area contributed by atoms with Crippen molar-refractivity contribution in [2.24, 2.45) is 0 Å². The molecule has 0 saturated carbocycles. The van der Waals surface area contributed by atoms with E-state index in [-0.39, 0.29) is 11.9 Å². The minimum absolute atomic E-state index is 0.0209. The van der Waals surface area contributed by atoms with Crippen LogP contribution in [0.4, 0.5) is 0 Å². The number of aryl methyl sites for hydroxylation is 2. The molecule has 0 aromatic carbocycles. The Hall–Kier alpha value is -0.540. The summed E-state index contributed by atoms with van der Waals surface area (Å²) in [5.41, 5.74) is 1.37. The van der Waals surface area contributed by atoms with E-state index in [2.05, 4.69) is 11.4 Å². The Morgan fingerprint density at radius 3 is 3.00 bits per heavy atom. The van der Waals surface area contributed by atoms with Gasteiger partial charge in [-0.3, -0.25) is 4.79 Å². The Kier molecular flexibility index (Phi) is 3.87. The molecule has 1 N–H and O–H groups in total. The van der Waals surface area contributed by atoms with E-state index < -0.39 is 0 Å². The molecule has 0 fully saturated rings. The van der Waals surface area contributed by atoms with Crippen LogP contribution in [-0.2, 0) is 12.8 Å². The summed E-state index contributed by atoms with van der Waals surface area (Å²) < 4.78 is 0. The van der Waals surface area contributed by atoms with Gasteiger partial charge in [0, 0.05) is 16.8 Å². The molecule has 0 saturated heterocycles. The molecule has 1 aliphatic carbocycles. The molecule has 1 aromatic rings. The quantitative estimate of drug-likeness (QED) is 0.829. The zero-order chi connectivity index (χ0) is 11.5. The first kappa shape index (κ1) is 11.9. The predicted octanol–water partition coefficient (Wildman–Crippen LogP) is 2.98. The molecule has 1 heterocycles. The van der Waals surface area contributed by atoms with Gasteiger partial charge in [0.25, 0.3) is 5.91 Å². The van der Waals surface area contributed by atoms with Crippen molar-refractivity contribution in [2.45, 2.75) is 38.6 Å². The summed E-state index contributed by atoms with van der Waals surface area (Å²) in [6, 6.07) is 2.09. The standard InChI is InChI=1S/C12H16ClNOS/c1-8(7-13)14-12(15)11-6-9-4-2-3-5-10(9)16-11/h6,8H,2-5,7H2,1H3,(H,14,15). The number of hydrogen-bond acceptors (Lipinski definition) is 2. The van der Waals surface area contributed by atoms with Gasteiger partial charge in [0.05, 0.1) is 4.88 Å². The number of nitrogens with one attached hydrogen (secondary N) is 1. The minimum Gasteiger partial charge on any atom is -0.348 e. The number of halogens is 1. The molecule has 4 heteroatoms. The van der Waals surface area contributed by atoms with Crippen LogP contribution in [0.25, 0.3) is 0 Å². The average molecular weight is 258 g/mol. The van der Waals surface area contributed by atoms with Crippen molar-refractivity contribution in [1.29, 1.82) is 0 Å². The van der Waals surface area contributed by atoms with Crippen molar-refractivity contribution < 1.29 is 4.79 Å². The number of hydrogen-bond donors (Lipinski definition) is 1. The minimum atomic E-state index is 0.0209. The third kappa shape index (κ3) is 2.58. The van der Waals surface area contributed by atoms with Crippen LogP contribution in [0.2, 0.25) is 0 Å². The summed E-state index contributed by atoms with van der Waals surface area (Å²) in [5, 5.41) is 2.89. The van der Waals surface area contributed by atoms with E-state index in [1.54, 1.807) is 11.3 Å². The van der Waals surface area contributed by atoms with Crippen molar-refractivity contribution >= 4 is 28.8 Å². The van der Waals surface area contributed by atoms with E-state index in [0.717, 1.165) is 17.7 Å². The first-order valence-electron chi connectivity index (χ1n) is 5.69. The Bertz CT molecular complexity index is 365. The Balaban J connectivity index is 2.09. The topological polar surface area (TPSA) is 29.1 Å². The molecule has 1 aliphatic rings. The zero-order valence-corrected chi connectivity index (χ0v) is 11.0. The predicted molar refractivity (Wildman–Crippen MR) is 68.6 cm³/mol. The summed E-state index contributed by atoms with van der Waals surface area (Å²) in [6.45, 7) is 1.92. The number of fused-ring (bicyclic) bond motifs is 1. The molecule has 0 bridgehead atoms. The van der Waals surface area contributed by atoms with E-state index in [9.17, 15) is 4.79 Å². The van der Waals surface area contributed by atoms with Crippen LogP contribution < -0.4 is 5.32 Å². The molecular formula is C12H16ClNOS. The molecule has 16 heavy (non-hydrogen) atoms. The second-order valence-electron chi connectivity index (χ2n) is 4.29. The van der Waals surface area contributed by atoms with Crippen LogP contribution >= 0.6 is 22.9 Å². The number of alkyl halides is 1. The first-order chi connectivity index (χ1) is 7.70. The summed E-state index contributed by atoms with van der Waals surface area (Å²) in [4.78, 5) is 14.1. The third-order valence-corrected chi connectivity index (χ3v) is 4.53. The maximum Gasteiger partial charge on any atom is 0.261 e. The highest BCUT2D eigenvalue weighted by Gasteiger charge is 2.17. The lowest BCUT2D eigenvalue weighted by atomic mass is 9.99. The molecule has 1 atom stereocenters. The van der Waals surface area contributed by atoms with Crippen LogP contribution in [0.1, 0.15) is 39.9 Å².